The highest BCUT2D eigenvalue weighted by atomic mass is 16.4. The Hall–Kier alpha value is -1.81. The van der Waals surface area contributed by atoms with Crippen LogP contribution < -0.4 is 5.32 Å². The summed E-state index contributed by atoms with van der Waals surface area (Å²) in [4.78, 5) is 11.4. The number of fused-ring (bicyclic) bond motifs is 1. The lowest BCUT2D eigenvalue weighted by molar-refractivity contribution is 0.0685. The Labute approximate surface area is 118 Å². The molecule has 2 aromatic rings. The average Bonchev–Trinajstić information content (AvgIpc) is 2.85. The van der Waals surface area contributed by atoms with Gasteiger partial charge in [0.15, 0.2) is 0 Å². The van der Waals surface area contributed by atoms with Crippen LogP contribution in [0.5, 0.6) is 0 Å². The van der Waals surface area contributed by atoms with Gasteiger partial charge >= 0.3 is 5.97 Å². The Morgan fingerprint density at radius 2 is 2.05 bits per heavy atom. The molecule has 106 valence electrons. The van der Waals surface area contributed by atoms with E-state index in [0.29, 0.717) is 11.6 Å². The largest absolute Gasteiger partial charge is 0.477 e. The van der Waals surface area contributed by atoms with Crippen molar-refractivity contribution in [3.05, 3.63) is 36.0 Å². The molecule has 0 saturated carbocycles. The van der Waals surface area contributed by atoms with Crippen molar-refractivity contribution in [2.75, 3.05) is 13.1 Å². The minimum Gasteiger partial charge on any atom is -0.477 e. The molecule has 0 unspecified atom stereocenters. The zero-order chi connectivity index (χ0) is 13.9. The first-order chi connectivity index (χ1) is 9.75. The second kappa shape index (κ2) is 5.67. The van der Waals surface area contributed by atoms with Crippen molar-refractivity contribution in [2.24, 2.45) is 5.92 Å². The van der Waals surface area contributed by atoms with Gasteiger partial charge in [0, 0.05) is 17.4 Å². The van der Waals surface area contributed by atoms with Crippen molar-refractivity contribution < 1.29 is 9.90 Å². The number of nitrogens with one attached hydrogen (secondary N) is 1. The lowest BCUT2D eigenvalue weighted by Gasteiger charge is -2.23. The number of rotatable bonds is 4. The summed E-state index contributed by atoms with van der Waals surface area (Å²) in [5.74, 6) is -0.134. The van der Waals surface area contributed by atoms with Crippen LogP contribution in [0.2, 0.25) is 0 Å². The van der Waals surface area contributed by atoms with Crippen LogP contribution >= 0.6 is 0 Å². The summed E-state index contributed by atoms with van der Waals surface area (Å²) in [6, 6.07) is 9.67. The molecule has 2 heterocycles. The first-order valence-corrected chi connectivity index (χ1v) is 7.28. The van der Waals surface area contributed by atoms with E-state index in [0.717, 1.165) is 37.0 Å². The minimum absolute atomic E-state index is 0.403. The van der Waals surface area contributed by atoms with Crippen molar-refractivity contribution in [1.29, 1.82) is 0 Å². The number of aromatic nitrogens is 1. The van der Waals surface area contributed by atoms with E-state index in [2.05, 4.69) is 5.32 Å². The molecule has 0 bridgehead atoms. The summed E-state index contributed by atoms with van der Waals surface area (Å²) >= 11 is 0. The maximum Gasteiger partial charge on any atom is 0.352 e. The average molecular weight is 272 g/mol. The van der Waals surface area contributed by atoms with E-state index >= 15 is 0 Å². The smallest absolute Gasteiger partial charge is 0.352 e. The number of aryl methyl sites for hydroxylation is 1. The zero-order valence-corrected chi connectivity index (χ0v) is 11.5. The van der Waals surface area contributed by atoms with Crippen molar-refractivity contribution in [2.45, 2.75) is 25.8 Å². The van der Waals surface area contributed by atoms with E-state index in [1.807, 2.05) is 28.8 Å². The molecule has 1 saturated heterocycles. The maximum absolute atomic E-state index is 11.4. The Bertz CT molecular complexity index is 612. The summed E-state index contributed by atoms with van der Waals surface area (Å²) in [5.41, 5.74) is 1.43. The second-order valence-corrected chi connectivity index (χ2v) is 5.53. The number of carbonyl (C=O) groups is 1. The van der Waals surface area contributed by atoms with Gasteiger partial charge < -0.3 is 15.0 Å². The molecule has 1 aromatic carbocycles. The van der Waals surface area contributed by atoms with E-state index in [1.165, 1.54) is 12.8 Å². The predicted octanol–water partition coefficient (Wildman–Crippen LogP) is 2.73. The molecule has 0 spiro atoms. The van der Waals surface area contributed by atoms with Gasteiger partial charge in [0.2, 0.25) is 0 Å². The van der Waals surface area contributed by atoms with Gasteiger partial charge in [-0.25, -0.2) is 4.79 Å². The Balaban J connectivity index is 1.84. The third kappa shape index (κ3) is 2.56. The van der Waals surface area contributed by atoms with E-state index in [4.69, 9.17) is 0 Å². The van der Waals surface area contributed by atoms with Crippen molar-refractivity contribution in [3.63, 3.8) is 0 Å². The lowest BCUT2D eigenvalue weighted by atomic mass is 9.95. The summed E-state index contributed by atoms with van der Waals surface area (Å²) < 4.78 is 1.96. The van der Waals surface area contributed by atoms with Crippen molar-refractivity contribution in [1.82, 2.24) is 9.88 Å². The number of carboxylic acid groups (broad SMARTS) is 1. The molecule has 4 heteroatoms. The van der Waals surface area contributed by atoms with Crippen molar-refractivity contribution in [3.8, 4) is 0 Å². The Kier molecular flexibility index (Phi) is 3.74. The van der Waals surface area contributed by atoms with Crippen LogP contribution in [-0.2, 0) is 6.54 Å². The van der Waals surface area contributed by atoms with Gasteiger partial charge in [0.1, 0.15) is 5.69 Å². The highest BCUT2D eigenvalue weighted by molar-refractivity contribution is 5.94. The van der Waals surface area contributed by atoms with Gasteiger partial charge in [-0.1, -0.05) is 18.2 Å². The van der Waals surface area contributed by atoms with Gasteiger partial charge in [-0.3, -0.25) is 0 Å². The fraction of sp³-hybridized carbons (Fsp3) is 0.438. The molecule has 2 N–H and O–H groups in total. The molecule has 0 amide bonds. The maximum atomic E-state index is 11.4. The van der Waals surface area contributed by atoms with Gasteiger partial charge in [0.05, 0.1) is 0 Å². The van der Waals surface area contributed by atoms with Crippen LogP contribution in [0.4, 0.5) is 0 Å². The summed E-state index contributed by atoms with van der Waals surface area (Å²) in [5, 5.41) is 13.7. The molecule has 1 fully saturated rings. The monoisotopic (exact) mass is 272 g/mol. The number of para-hydroxylation sites is 1. The number of aromatic carboxylic acids is 1. The highest BCUT2D eigenvalue weighted by Crippen LogP contribution is 2.23. The van der Waals surface area contributed by atoms with Crippen LogP contribution in [0.1, 0.15) is 29.8 Å². The van der Waals surface area contributed by atoms with Crippen LogP contribution in [-0.4, -0.2) is 28.7 Å². The zero-order valence-electron chi connectivity index (χ0n) is 11.5. The van der Waals surface area contributed by atoms with E-state index in [9.17, 15) is 9.90 Å². The highest BCUT2D eigenvalue weighted by Gasteiger charge is 2.17. The van der Waals surface area contributed by atoms with Crippen LogP contribution in [0.3, 0.4) is 0 Å². The summed E-state index contributed by atoms with van der Waals surface area (Å²) in [6.07, 6.45) is 3.45. The van der Waals surface area contributed by atoms with Gasteiger partial charge in [-0.2, -0.15) is 0 Å². The minimum atomic E-state index is -0.841. The molecule has 0 aliphatic carbocycles. The first-order valence-electron chi connectivity index (χ1n) is 7.28. The number of nitrogens with zero attached hydrogens (tertiary/aromatic N) is 1. The normalized spacial score (nSPS) is 16.6. The number of hydrogen-bond donors (Lipinski definition) is 2. The van der Waals surface area contributed by atoms with E-state index in [-0.39, 0.29) is 0 Å². The SMILES string of the molecule is O=C(O)c1cc2ccccc2n1CCC1CCNCC1. The molecular weight excluding hydrogens is 252 g/mol. The Morgan fingerprint density at radius 3 is 2.80 bits per heavy atom. The third-order valence-corrected chi connectivity index (χ3v) is 4.25. The molecular formula is C16H20N2O2. The van der Waals surface area contributed by atoms with E-state index < -0.39 is 5.97 Å². The number of benzene rings is 1. The lowest BCUT2D eigenvalue weighted by Crippen LogP contribution is -2.28. The second-order valence-electron chi connectivity index (χ2n) is 5.53. The number of hydrogen-bond acceptors (Lipinski definition) is 2. The first kappa shape index (κ1) is 13.2. The third-order valence-electron chi connectivity index (χ3n) is 4.25. The van der Waals surface area contributed by atoms with Gasteiger partial charge in [0.25, 0.3) is 0 Å². The standard InChI is InChI=1S/C16H20N2O2/c19-16(20)15-11-13-3-1-2-4-14(13)18(15)10-7-12-5-8-17-9-6-12/h1-4,11-12,17H,5-10H2,(H,19,20). The number of carboxylic acids is 1. The summed E-state index contributed by atoms with van der Waals surface area (Å²) in [6.45, 7) is 2.96. The van der Waals surface area contributed by atoms with Gasteiger partial charge in [-0.15, -0.1) is 0 Å². The molecule has 20 heavy (non-hydrogen) atoms. The van der Waals surface area contributed by atoms with E-state index in [1.54, 1.807) is 6.07 Å². The van der Waals surface area contributed by atoms with Crippen LogP contribution in [0.25, 0.3) is 10.9 Å². The molecule has 1 aromatic heterocycles. The topological polar surface area (TPSA) is 54.3 Å². The fourth-order valence-corrected chi connectivity index (χ4v) is 3.11. The van der Waals surface area contributed by atoms with Crippen LogP contribution in [0.15, 0.2) is 30.3 Å². The number of piperidine rings is 1. The van der Waals surface area contributed by atoms with Gasteiger partial charge in [-0.05, 0) is 50.4 Å². The Morgan fingerprint density at radius 1 is 1.30 bits per heavy atom. The molecule has 1 aliphatic heterocycles. The fourth-order valence-electron chi connectivity index (χ4n) is 3.11. The summed E-state index contributed by atoms with van der Waals surface area (Å²) in [7, 11) is 0. The molecule has 1 aliphatic rings. The van der Waals surface area contributed by atoms with Crippen molar-refractivity contribution >= 4 is 16.9 Å². The molecule has 0 radical (unpaired) electrons. The molecule has 3 rings (SSSR count). The molecule has 4 nitrogen and oxygen atoms in total. The van der Waals surface area contributed by atoms with Crippen LogP contribution in [0, 0.1) is 5.92 Å². The quantitative estimate of drug-likeness (QED) is 0.899. The predicted molar refractivity (Wildman–Crippen MR) is 79.1 cm³/mol. The molecule has 0 atom stereocenters.